The molecule has 4 aromatic rings. The van der Waals surface area contributed by atoms with E-state index in [0.29, 0.717) is 19.1 Å². The lowest BCUT2D eigenvalue weighted by Crippen LogP contribution is -2.22. The van der Waals surface area contributed by atoms with Crippen LogP contribution in [0.3, 0.4) is 0 Å². The molecule has 1 heterocycles. The maximum atomic E-state index is 12.4. The van der Waals surface area contributed by atoms with Crippen LogP contribution in [-0.4, -0.2) is 22.1 Å². The van der Waals surface area contributed by atoms with Crippen molar-refractivity contribution in [2.24, 2.45) is 0 Å². The number of benzene rings is 3. The Morgan fingerprint density at radius 3 is 2.49 bits per heavy atom. The molecular formula is C30H33N3O2. The van der Waals surface area contributed by atoms with Gasteiger partial charge in [-0.2, -0.15) is 0 Å². The van der Waals surface area contributed by atoms with Crippen LogP contribution in [0.5, 0.6) is 5.75 Å². The van der Waals surface area contributed by atoms with Crippen LogP contribution < -0.4 is 10.1 Å². The van der Waals surface area contributed by atoms with E-state index in [2.05, 4.69) is 41.9 Å². The second-order valence-electron chi connectivity index (χ2n) is 8.91. The van der Waals surface area contributed by atoms with Gasteiger partial charge in [0.25, 0.3) is 0 Å². The summed E-state index contributed by atoms with van der Waals surface area (Å²) in [5.74, 6) is 2.16. The fourth-order valence-electron chi connectivity index (χ4n) is 3.98. The molecule has 1 amide bonds. The third kappa shape index (κ3) is 6.82. The first-order valence-electron chi connectivity index (χ1n) is 12.3. The minimum absolute atomic E-state index is 0.135. The molecule has 0 aliphatic carbocycles. The van der Waals surface area contributed by atoms with Crippen LogP contribution in [-0.2, 0) is 17.9 Å². The number of hydrogen-bond acceptors (Lipinski definition) is 3. The Kier molecular flexibility index (Phi) is 8.34. The summed E-state index contributed by atoms with van der Waals surface area (Å²) in [4.78, 5) is 17.1. The predicted molar refractivity (Wildman–Crippen MR) is 142 cm³/mol. The normalized spacial score (nSPS) is 11.4. The van der Waals surface area contributed by atoms with E-state index in [9.17, 15) is 4.79 Å². The van der Waals surface area contributed by atoms with E-state index in [4.69, 9.17) is 9.72 Å². The van der Waals surface area contributed by atoms with Gasteiger partial charge in [-0.25, -0.2) is 4.98 Å². The average Bonchev–Trinajstić information content (AvgIpc) is 3.24. The summed E-state index contributed by atoms with van der Waals surface area (Å²) >= 11 is 0. The Morgan fingerprint density at radius 1 is 0.971 bits per heavy atom. The number of ether oxygens (including phenoxy) is 1. The van der Waals surface area contributed by atoms with Crippen LogP contribution >= 0.6 is 0 Å². The van der Waals surface area contributed by atoms with Gasteiger partial charge in [0.05, 0.1) is 24.2 Å². The molecule has 0 atom stereocenters. The molecule has 0 bridgehead atoms. The molecule has 5 heteroatoms. The highest BCUT2D eigenvalue weighted by Gasteiger charge is 2.11. The minimum Gasteiger partial charge on any atom is -0.494 e. The molecule has 0 aliphatic rings. The number of amides is 1. The van der Waals surface area contributed by atoms with Crippen molar-refractivity contribution in [3.63, 3.8) is 0 Å². The first-order valence-corrected chi connectivity index (χ1v) is 12.3. The van der Waals surface area contributed by atoms with Gasteiger partial charge in [-0.15, -0.1) is 0 Å². The quantitative estimate of drug-likeness (QED) is 0.207. The number of unbranched alkanes of at least 4 members (excludes halogenated alkanes) is 1. The number of fused-ring (bicyclic) bond motifs is 1. The zero-order valence-electron chi connectivity index (χ0n) is 20.5. The van der Waals surface area contributed by atoms with E-state index in [0.717, 1.165) is 47.6 Å². The van der Waals surface area contributed by atoms with E-state index in [-0.39, 0.29) is 5.91 Å². The summed E-state index contributed by atoms with van der Waals surface area (Å²) in [6, 6.07) is 26.3. The lowest BCUT2D eigenvalue weighted by atomic mass is 10.0. The van der Waals surface area contributed by atoms with Crippen molar-refractivity contribution in [3.05, 3.63) is 102 Å². The van der Waals surface area contributed by atoms with Crippen LogP contribution in [0.4, 0.5) is 0 Å². The van der Waals surface area contributed by atoms with Gasteiger partial charge in [-0.05, 0) is 60.2 Å². The smallest absolute Gasteiger partial charge is 0.244 e. The summed E-state index contributed by atoms with van der Waals surface area (Å²) in [5.41, 5.74) is 4.34. The van der Waals surface area contributed by atoms with Crippen LogP contribution in [0.2, 0.25) is 0 Å². The number of aryl methyl sites for hydroxylation is 1. The maximum Gasteiger partial charge on any atom is 0.244 e. The highest BCUT2D eigenvalue weighted by Crippen LogP contribution is 2.20. The molecule has 5 nitrogen and oxygen atoms in total. The van der Waals surface area contributed by atoms with E-state index >= 15 is 0 Å². The van der Waals surface area contributed by atoms with Crippen LogP contribution in [0.25, 0.3) is 17.1 Å². The number of para-hydroxylation sites is 2. The maximum absolute atomic E-state index is 12.4. The Bertz CT molecular complexity index is 1260. The van der Waals surface area contributed by atoms with Gasteiger partial charge < -0.3 is 14.6 Å². The highest BCUT2D eigenvalue weighted by molar-refractivity contribution is 5.91. The van der Waals surface area contributed by atoms with E-state index in [1.165, 1.54) is 5.56 Å². The molecule has 0 fully saturated rings. The molecule has 1 aromatic heterocycles. The number of nitrogens with zero attached hydrogens (tertiary/aromatic N) is 2. The van der Waals surface area contributed by atoms with E-state index < -0.39 is 0 Å². The molecule has 0 saturated heterocycles. The first kappa shape index (κ1) is 24.3. The second-order valence-corrected chi connectivity index (χ2v) is 8.91. The number of hydrogen-bond donors (Lipinski definition) is 1. The molecule has 1 N–H and O–H groups in total. The Morgan fingerprint density at radius 2 is 1.71 bits per heavy atom. The van der Waals surface area contributed by atoms with Crippen molar-refractivity contribution in [3.8, 4) is 5.75 Å². The fourth-order valence-corrected chi connectivity index (χ4v) is 3.98. The van der Waals surface area contributed by atoms with E-state index in [1.54, 1.807) is 6.08 Å². The van der Waals surface area contributed by atoms with Crippen LogP contribution in [0.15, 0.2) is 84.9 Å². The third-order valence-electron chi connectivity index (χ3n) is 5.97. The fraction of sp³-hybridized carbons (Fsp3) is 0.267. The second kappa shape index (κ2) is 12.0. The summed E-state index contributed by atoms with van der Waals surface area (Å²) < 4.78 is 8.13. The number of imidazole rings is 1. The minimum atomic E-state index is -0.135. The average molecular weight is 468 g/mol. The number of nitrogens with one attached hydrogen (secondary N) is 1. The molecule has 0 aliphatic heterocycles. The largest absolute Gasteiger partial charge is 0.494 e. The summed E-state index contributed by atoms with van der Waals surface area (Å²) in [7, 11) is 0. The molecular weight excluding hydrogens is 434 g/mol. The molecule has 180 valence electrons. The zero-order chi connectivity index (χ0) is 24.5. The predicted octanol–water partition coefficient (Wildman–Crippen LogP) is 6.35. The zero-order valence-corrected chi connectivity index (χ0v) is 20.5. The van der Waals surface area contributed by atoms with Crippen molar-refractivity contribution in [1.82, 2.24) is 14.9 Å². The first-order chi connectivity index (χ1) is 17.1. The molecule has 0 spiro atoms. The third-order valence-corrected chi connectivity index (χ3v) is 5.97. The van der Waals surface area contributed by atoms with Gasteiger partial charge in [0.15, 0.2) is 0 Å². The number of carbonyl (C=O) groups excluding carboxylic acids is 1. The van der Waals surface area contributed by atoms with Gasteiger partial charge in [-0.3, -0.25) is 4.79 Å². The molecule has 0 saturated carbocycles. The number of rotatable bonds is 11. The van der Waals surface area contributed by atoms with Gasteiger partial charge in [-0.1, -0.05) is 68.4 Å². The summed E-state index contributed by atoms with van der Waals surface area (Å²) in [6.45, 7) is 6.25. The molecule has 3 aromatic carbocycles. The molecule has 35 heavy (non-hydrogen) atoms. The number of carbonyl (C=O) groups is 1. The summed E-state index contributed by atoms with van der Waals surface area (Å²) in [6.07, 6.45) is 5.27. The van der Waals surface area contributed by atoms with Gasteiger partial charge in [0.2, 0.25) is 5.91 Å². The van der Waals surface area contributed by atoms with Crippen LogP contribution in [0.1, 0.15) is 49.6 Å². The lowest BCUT2D eigenvalue weighted by molar-refractivity contribution is -0.116. The molecule has 4 rings (SSSR count). The standard InChI is InChI=1S/C30H33N3O2/c1-23(2)25-15-17-26(18-16-25)35-21-9-8-20-33-28-13-7-6-12-27(28)32-29(33)22-31-30(34)19-14-24-10-4-3-5-11-24/h3-7,10-19,23H,8-9,20-22H2,1-2H3,(H,31,34)/b19-14-. The van der Waals surface area contributed by atoms with Crippen molar-refractivity contribution in [1.29, 1.82) is 0 Å². The van der Waals surface area contributed by atoms with Crippen molar-refractivity contribution < 1.29 is 9.53 Å². The SMILES string of the molecule is CC(C)c1ccc(OCCCCn2c(CNC(=O)/C=C\c3ccccc3)nc3ccccc32)cc1. The van der Waals surface area contributed by atoms with Gasteiger partial charge >= 0.3 is 0 Å². The van der Waals surface area contributed by atoms with Gasteiger partial charge in [0.1, 0.15) is 11.6 Å². The molecule has 0 radical (unpaired) electrons. The number of aromatic nitrogens is 2. The summed E-state index contributed by atoms with van der Waals surface area (Å²) in [5, 5.41) is 2.97. The van der Waals surface area contributed by atoms with Crippen LogP contribution in [0, 0.1) is 0 Å². The Hall–Kier alpha value is -3.86. The van der Waals surface area contributed by atoms with E-state index in [1.807, 2.05) is 66.7 Å². The van der Waals surface area contributed by atoms with Gasteiger partial charge in [0, 0.05) is 12.6 Å². The molecule has 0 unspecified atom stereocenters. The van der Waals surface area contributed by atoms with Crippen molar-refractivity contribution in [2.75, 3.05) is 6.61 Å². The lowest BCUT2D eigenvalue weighted by Gasteiger charge is -2.11. The monoisotopic (exact) mass is 467 g/mol. The highest BCUT2D eigenvalue weighted by atomic mass is 16.5. The Balaban J connectivity index is 1.31. The van der Waals surface area contributed by atoms with Crippen molar-refractivity contribution in [2.45, 2.75) is 45.7 Å². The van der Waals surface area contributed by atoms with Crippen molar-refractivity contribution >= 4 is 23.0 Å². The topological polar surface area (TPSA) is 56.1 Å². The Labute approximate surface area is 207 Å².